The highest BCUT2D eigenvalue weighted by Crippen LogP contribution is 1.98. The van der Waals surface area contributed by atoms with Crippen molar-refractivity contribution in [2.24, 2.45) is 5.92 Å². The number of methoxy groups -OCH3 is 1. The Morgan fingerprint density at radius 1 is 1.54 bits per heavy atom. The summed E-state index contributed by atoms with van der Waals surface area (Å²) in [4.78, 5) is 26.4. The van der Waals surface area contributed by atoms with Crippen molar-refractivity contribution in [3.05, 3.63) is 0 Å². The van der Waals surface area contributed by atoms with Crippen molar-refractivity contribution in [2.45, 2.75) is 6.92 Å². The van der Waals surface area contributed by atoms with Crippen LogP contribution in [0.1, 0.15) is 6.92 Å². The number of thiol groups is 1. The Kier molecular flexibility index (Phi) is 8.05. The van der Waals surface area contributed by atoms with Gasteiger partial charge in [-0.15, -0.1) is 0 Å². The predicted molar refractivity (Wildman–Crippen MR) is 46.3 cm³/mol. The highest BCUT2D eigenvalue weighted by molar-refractivity contribution is 7.77. The zero-order chi connectivity index (χ0) is 10.1. The van der Waals surface area contributed by atoms with Gasteiger partial charge in [-0.05, 0) is 6.92 Å². The molecule has 1 N–H and O–H groups in total. The van der Waals surface area contributed by atoms with E-state index in [1.165, 1.54) is 7.11 Å². The van der Waals surface area contributed by atoms with E-state index in [1.807, 2.05) is 4.89 Å². The van der Waals surface area contributed by atoms with Crippen LogP contribution in [0.2, 0.25) is 0 Å². The first-order valence-electron chi connectivity index (χ1n) is 3.55. The molecule has 0 fully saturated rings. The molecule has 6 nitrogen and oxygen atoms in total. The van der Waals surface area contributed by atoms with E-state index >= 15 is 0 Å². The van der Waals surface area contributed by atoms with Crippen molar-refractivity contribution >= 4 is 18.8 Å². The number of hydrogen-bond donors (Lipinski definition) is 2. The predicted octanol–water partition coefficient (Wildman–Crippen LogP) is 0.0672. The van der Waals surface area contributed by atoms with Crippen LogP contribution in [0.3, 0.4) is 0 Å². The van der Waals surface area contributed by atoms with Gasteiger partial charge < -0.3 is 9.57 Å². The fraction of sp³-hybridized carbons (Fsp3) is 0.833. The van der Waals surface area contributed by atoms with E-state index in [0.29, 0.717) is 0 Å². The maximum Gasteiger partial charge on any atom is 0.331 e. The van der Waals surface area contributed by atoms with Crippen LogP contribution in [0.25, 0.3) is 0 Å². The highest BCUT2D eigenvalue weighted by atomic mass is 32.1. The summed E-state index contributed by atoms with van der Waals surface area (Å²) in [5.41, 5.74) is 0. The van der Waals surface area contributed by atoms with Crippen LogP contribution < -0.4 is 4.89 Å². The largest absolute Gasteiger partial charge is 0.360 e. The second-order valence-electron chi connectivity index (χ2n) is 2.22. The molecule has 13 heavy (non-hydrogen) atoms. The summed E-state index contributed by atoms with van der Waals surface area (Å²) in [7, 11) is 1.46. The van der Waals surface area contributed by atoms with E-state index in [9.17, 15) is 4.79 Å². The van der Waals surface area contributed by atoms with Gasteiger partial charge >= 0.3 is 5.97 Å². The van der Waals surface area contributed by atoms with Gasteiger partial charge in [0.05, 0.1) is 12.5 Å². The fourth-order valence-corrected chi connectivity index (χ4v) is 0.536. The number of rotatable bonds is 7. The third-order valence-corrected chi connectivity index (χ3v) is 1.21. The zero-order valence-electron chi connectivity index (χ0n) is 7.48. The second-order valence-corrected chi connectivity index (χ2v) is 2.40. The molecule has 0 aliphatic rings. The minimum Gasteiger partial charge on any atom is -0.360 e. The van der Waals surface area contributed by atoms with Crippen LogP contribution in [0.15, 0.2) is 0 Å². The Morgan fingerprint density at radius 3 is 2.77 bits per heavy atom. The van der Waals surface area contributed by atoms with Gasteiger partial charge in [0.2, 0.25) is 0 Å². The number of carbonyl (C=O) groups excluding carboxylic acids is 1. The standard InChI is InChI=1S/C6H13NO5S/c1-5(6(8)12-7-13)3-10-11-4-9-2/h5,7,13H,3-4H2,1-2H3. The van der Waals surface area contributed by atoms with Gasteiger partial charge in [-0.3, -0.25) is 0 Å². The minimum absolute atomic E-state index is 0.0204. The average Bonchev–Trinajstić information content (AvgIpc) is 2.12. The van der Waals surface area contributed by atoms with Crippen LogP contribution in [0.4, 0.5) is 0 Å². The molecule has 0 spiro atoms. The molecule has 0 aromatic rings. The van der Waals surface area contributed by atoms with Crippen LogP contribution in [-0.4, -0.2) is 26.5 Å². The number of hydrogen-bond acceptors (Lipinski definition) is 7. The molecule has 0 heterocycles. The van der Waals surface area contributed by atoms with E-state index in [4.69, 9.17) is 0 Å². The number of ether oxygens (including phenoxy) is 1. The lowest BCUT2D eigenvalue weighted by atomic mass is 10.2. The normalized spacial score (nSPS) is 12.5. The molecule has 1 unspecified atom stereocenters. The van der Waals surface area contributed by atoms with Crippen LogP contribution in [-0.2, 0) is 24.1 Å². The molecule has 0 saturated heterocycles. The summed E-state index contributed by atoms with van der Waals surface area (Å²) in [6.07, 6.45) is 0. The molecular formula is C6H13NO5S. The molecule has 0 radical (unpaired) electrons. The van der Waals surface area contributed by atoms with E-state index in [0.717, 1.165) is 0 Å². The summed E-state index contributed by atoms with van der Waals surface area (Å²) < 4.78 is 4.54. The Balaban J connectivity index is 3.38. The van der Waals surface area contributed by atoms with Gasteiger partial charge in [0.25, 0.3) is 0 Å². The summed E-state index contributed by atoms with van der Waals surface area (Å²) in [6, 6.07) is 0. The molecule has 0 aliphatic heterocycles. The van der Waals surface area contributed by atoms with Crippen LogP contribution in [0.5, 0.6) is 0 Å². The van der Waals surface area contributed by atoms with Gasteiger partial charge in [-0.25, -0.2) is 14.6 Å². The molecule has 0 bridgehead atoms. The van der Waals surface area contributed by atoms with Crippen molar-refractivity contribution in [2.75, 3.05) is 20.5 Å². The molecule has 0 saturated carbocycles. The second kappa shape index (κ2) is 8.27. The zero-order valence-corrected chi connectivity index (χ0v) is 8.37. The lowest BCUT2D eigenvalue weighted by Gasteiger charge is -2.08. The Morgan fingerprint density at radius 2 is 2.23 bits per heavy atom. The Labute approximate surface area is 81.9 Å². The Hall–Kier alpha value is -0.340. The Bertz CT molecular complexity index is 145. The summed E-state index contributed by atoms with van der Waals surface area (Å²) >= 11 is 3.49. The molecular weight excluding hydrogens is 198 g/mol. The summed E-state index contributed by atoms with van der Waals surface area (Å²) in [5.74, 6) is -0.910. The monoisotopic (exact) mass is 211 g/mol. The lowest BCUT2D eigenvalue weighted by molar-refractivity contribution is -0.336. The third-order valence-electron chi connectivity index (χ3n) is 1.12. The quantitative estimate of drug-likeness (QED) is 0.204. The minimum atomic E-state index is -0.476. The van der Waals surface area contributed by atoms with E-state index < -0.39 is 11.9 Å². The molecule has 0 rings (SSSR count). The third kappa shape index (κ3) is 6.79. The highest BCUT2D eigenvalue weighted by Gasteiger charge is 2.14. The lowest BCUT2D eigenvalue weighted by Crippen LogP contribution is -2.23. The summed E-state index contributed by atoms with van der Waals surface area (Å²) in [6.45, 7) is 1.74. The fourth-order valence-electron chi connectivity index (χ4n) is 0.446. The SMILES string of the molecule is COCOOCC(C)C(=O)ONS. The van der Waals surface area contributed by atoms with Gasteiger partial charge in [0.15, 0.2) is 6.79 Å². The van der Waals surface area contributed by atoms with Crippen molar-refractivity contribution < 1.29 is 24.1 Å². The van der Waals surface area contributed by atoms with Gasteiger partial charge in [0, 0.05) is 7.11 Å². The van der Waals surface area contributed by atoms with E-state index in [2.05, 4.69) is 32.2 Å². The first-order valence-corrected chi connectivity index (χ1v) is 4.00. The average molecular weight is 211 g/mol. The molecule has 78 valence electrons. The van der Waals surface area contributed by atoms with E-state index in [1.54, 1.807) is 6.92 Å². The first kappa shape index (κ1) is 12.7. The topological polar surface area (TPSA) is 66.0 Å². The maximum atomic E-state index is 10.9. The molecule has 0 aromatic carbocycles. The van der Waals surface area contributed by atoms with Crippen molar-refractivity contribution in [1.82, 2.24) is 4.89 Å². The van der Waals surface area contributed by atoms with Gasteiger partial charge in [-0.1, -0.05) is 17.7 Å². The van der Waals surface area contributed by atoms with Gasteiger partial charge in [-0.2, -0.15) is 0 Å². The van der Waals surface area contributed by atoms with Crippen molar-refractivity contribution in [1.29, 1.82) is 0 Å². The smallest absolute Gasteiger partial charge is 0.331 e. The molecule has 0 aliphatic carbocycles. The van der Waals surface area contributed by atoms with Crippen molar-refractivity contribution in [3.63, 3.8) is 0 Å². The number of carbonyl (C=O) groups is 1. The van der Waals surface area contributed by atoms with Crippen molar-refractivity contribution in [3.8, 4) is 0 Å². The first-order chi connectivity index (χ1) is 6.22. The molecule has 0 aromatic heterocycles. The van der Waals surface area contributed by atoms with E-state index in [-0.39, 0.29) is 13.4 Å². The molecule has 1 atom stereocenters. The molecule has 7 heteroatoms. The molecule has 0 amide bonds. The van der Waals surface area contributed by atoms with Crippen LogP contribution in [0, 0.1) is 5.92 Å². The van der Waals surface area contributed by atoms with Gasteiger partial charge in [0.1, 0.15) is 0 Å². The van der Waals surface area contributed by atoms with Crippen LogP contribution >= 0.6 is 12.8 Å². The number of nitrogens with one attached hydrogen (secondary N) is 1. The summed E-state index contributed by atoms with van der Waals surface area (Å²) in [5, 5.41) is 0. The maximum absolute atomic E-state index is 10.9.